The van der Waals surface area contributed by atoms with Crippen molar-refractivity contribution in [2.75, 3.05) is 0 Å². The first-order chi connectivity index (χ1) is 26.8. The van der Waals surface area contributed by atoms with Gasteiger partial charge in [0.1, 0.15) is 0 Å². The van der Waals surface area contributed by atoms with Crippen LogP contribution in [0.4, 0.5) is 0 Å². The van der Waals surface area contributed by atoms with Gasteiger partial charge in [-0.2, -0.15) is 0 Å². The summed E-state index contributed by atoms with van der Waals surface area (Å²) in [5.41, 5.74) is 16.7. The molecule has 300 valence electrons. The molecule has 0 aromatic heterocycles. The van der Waals surface area contributed by atoms with Crippen LogP contribution in [-0.4, -0.2) is 0 Å². The molecular weight excluding hydrogens is 993 g/mol. The van der Waals surface area contributed by atoms with E-state index in [1.807, 2.05) is 0 Å². The summed E-state index contributed by atoms with van der Waals surface area (Å²) in [6.45, 7) is 18.0. The molecule has 0 heterocycles. The summed E-state index contributed by atoms with van der Waals surface area (Å²) in [4.78, 5) is 0. The molecule has 0 saturated heterocycles. The van der Waals surface area contributed by atoms with Crippen LogP contribution in [0, 0.1) is 55.4 Å². The van der Waals surface area contributed by atoms with Crippen LogP contribution < -0.4 is 31.8 Å². The Kier molecular flexibility index (Phi) is 17.8. The molecule has 0 N–H and O–H groups in total. The van der Waals surface area contributed by atoms with Gasteiger partial charge >= 0.3 is 70.0 Å². The number of halogens is 4. The molecular formula is C48H50Cl4P2Pd2. The first-order valence-corrected chi connectivity index (χ1v) is 29.3. The molecule has 4 bridgehead atoms. The van der Waals surface area contributed by atoms with Crippen LogP contribution in [0.5, 0.6) is 0 Å². The summed E-state index contributed by atoms with van der Waals surface area (Å²) in [7, 11) is 17.8. The summed E-state index contributed by atoms with van der Waals surface area (Å²) >= 11 is -0.211. The number of rotatable bonds is 6. The fourth-order valence-electron chi connectivity index (χ4n) is 8.10. The maximum absolute atomic E-state index is 4.81. The van der Waals surface area contributed by atoms with E-state index < -0.39 is 15.8 Å². The molecule has 4 aliphatic rings. The Bertz CT molecular complexity index is 1950. The second kappa shape index (κ2) is 21.8. The molecule has 0 aliphatic heterocycles. The third-order valence-electron chi connectivity index (χ3n) is 10.0. The second-order valence-corrected chi connectivity index (χ2v) is 24.2. The molecule has 0 amide bonds. The van der Waals surface area contributed by atoms with E-state index in [0.717, 1.165) is 25.7 Å². The van der Waals surface area contributed by atoms with Crippen molar-refractivity contribution < 1.29 is 31.9 Å². The molecule has 6 aromatic rings. The topological polar surface area (TPSA) is 0 Å². The van der Waals surface area contributed by atoms with Crippen LogP contribution in [0.2, 0.25) is 0 Å². The number of hydrogen-bond donors (Lipinski definition) is 0. The SMILES string of the molecule is Cc1cc(C)cc(P(c2cc(C)cc(C)c2)c2cc3ccc2CCc2ccc(c(P(c4cc(C)cc(C)c4)c4cc(C)cc(C)c4)c2)CC3)c1.[Cl][Pd][Cl].[Cl][Pd][Cl]. The zero-order valence-electron chi connectivity index (χ0n) is 33.3. The van der Waals surface area contributed by atoms with E-state index in [4.69, 9.17) is 38.1 Å². The van der Waals surface area contributed by atoms with Crippen molar-refractivity contribution in [1.29, 1.82) is 0 Å². The Morgan fingerprint density at radius 3 is 0.804 bits per heavy atom. The summed E-state index contributed by atoms with van der Waals surface area (Å²) in [5.74, 6) is 0. The van der Waals surface area contributed by atoms with Gasteiger partial charge in [0.15, 0.2) is 0 Å². The van der Waals surface area contributed by atoms with Crippen molar-refractivity contribution in [3.8, 4) is 0 Å². The van der Waals surface area contributed by atoms with Gasteiger partial charge in [0.05, 0.1) is 0 Å². The van der Waals surface area contributed by atoms with Gasteiger partial charge < -0.3 is 0 Å². The second-order valence-electron chi connectivity index (χ2n) is 15.1. The van der Waals surface area contributed by atoms with E-state index >= 15 is 0 Å². The summed E-state index contributed by atoms with van der Waals surface area (Å²) < 4.78 is 0. The molecule has 0 radical (unpaired) electrons. The Morgan fingerprint density at radius 1 is 0.339 bits per heavy atom. The molecule has 8 heteroatoms. The van der Waals surface area contributed by atoms with Crippen LogP contribution in [-0.2, 0) is 57.6 Å². The first kappa shape index (κ1) is 45.7. The monoisotopic (exact) mass is 1040 g/mol. The van der Waals surface area contributed by atoms with E-state index in [0.29, 0.717) is 0 Å². The van der Waals surface area contributed by atoms with Gasteiger partial charge in [-0.3, -0.25) is 0 Å². The fraction of sp³-hybridized carbons (Fsp3) is 0.250. The number of hydrogen-bond acceptors (Lipinski definition) is 0. The van der Waals surface area contributed by atoms with E-state index in [1.54, 1.807) is 0 Å². The predicted octanol–water partition coefficient (Wildman–Crippen LogP) is 12.3. The summed E-state index contributed by atoms with van der Waals surface area (Å²) in [5, 5.41) is 8.93. The van der Waals surface area contributed by atoms with Gasteiger partial charge in [0.2, 0.25) is 0 Å². The van der Waals surface area contributed by atoms with Gasteiger partial charge in [0.25, 0.3) is 0 Å². The Balaban J connectivity index is 0.000000941. The van der Waals surface area contributed by atoms with E-state index in [9.17, 15) is 0 Å². The van der Waals surface area contributed by atoms with Gasteiger partial charge in [-0.25, -0.2) is 0 Å². The number of aryl methyl sites for hydroxylation is 12. The average molecular weight is 1040 g/mol. The molecule has 0 atom stereocenters. The molecule has 0 unspecified atom stereocenters. The zero-order chi connectivity index (χ0) is 40.5. The van der Waals surface area contributed by atoms with Crippen LogP contribution in [0.15, 0.2) is 109 Å². The molecule has 10 rings (SSSR count). The van der Waals surface area contributed by atoms with Crippen LogP contribution in [0.1, 0.15) is 66.8 Å². The fourth-order valence-corrected chi connectivity index (χ4v) is 14.0. The van der Waals surface area contributed by atoms with Crippen molar-refractivity contribution >= 4 is 85.8 Å². The van der Waals surface area contributed by atoms with Crippen molar-refractivity contribution in [2.24, 2.45) is 0 Å². The minimum absolute atomic E-state index is 0.106. The van der Waals surface area contributed by atoms with Crippen molar-refractivity contribution in [1.82, 2.24) is 0 Å². The molecule has 0 nitrogen and oxygen atoms in total. The molecule has 6 aromatic carbocycles. The van der Waals surface area contributed by atoms with Crippen molar-refractivity contribution in [2.45, 2.75) is 81.1 Å². The number of benzene rings is 6. The zero-order valence-corrected chi connectivity index (χ0v) is 41.2. The minimum atomic E-state index is -0.707. The summed E-state index contributed by atoms with van der Waals surface area (Å²) in [6, 6.07) is 43.8. The van der Waals surface area contributed by atoms with E-state index in [1.165, 1.54) is 98.6 Å². The Hall–Kier alpha value is -1.34. The molecule has 0 fully saturated rings. The Morgan fingerprint density at radius 2 is 0.571 bits per heavy atom. The van der Waals surface area contributed by atoms with Crippen molar-refractivity contribution in [3.63, 3.8) is 0 Å². The van der Waals surface area contributed by atoms with Crippen LogP contribution >= 0.6 is 54.0 Å². The average Bonchev–Trinajstić information content (AvgIpc) is 3.09. The first-order valence-electron chi connectivity index (χ1n) is 18.6. The third-order valence-corrected chi connectivity index (χ3v) is 14.9. The Labute approximate surface area is 371 Å². The standard InChI is InChI=1S/C48H50P2.4ClH.2Pd/c1-31-17-32(2)22-43(21-31)49(44-23-33(3)18-34(4)24-44)47-29-39-9-13-41(47)15-11-40-10-14-42(16-12-39)48(30-40)50(45-25-35(5)19-36(6)26-45)46-27-37(7)20-38(8)28-46;;;;;;/h9-10,13-14,17-30H,11-12,15-16H2,1-8H3;4*1H;;/q;;;;;2*+2/p-4. The van der Waals surface area contributed by atoms with Gasteiger partial charge in [-0.15, -0.1) is 0 Å². The normalized spacial score (nSPS) is 12.2. The molecule has 0 saturated carbocycles. The summed E-state index contributed by atoms with van der Waals surface area (Å²) in [6.07, 6.45) is 4.14. The van der Waals surface area contributed by atoms with Crippen molar-refractivity contribution in [3.05, 3.63) is 176 Å². The molecule has 0 spiro atoms. The van der Waals surface area contributed by atoms with Gasteiger partial charge in [-0.1, -0.05) is 154 Å². The van der Waals surface area contributed by atoms with E-state index in [2.05, 4.69) is 165 Å². The quantitative estimate of drug-likeness (QED) is 0.115. The van der Waals surface area contributed by atoms with E-state index in [-0.39, 0.29) is 31.9 Å². The van der Waals surface area contributed by atoms with Crippen LogP contribution in [0.25, 0.3) is 0 Å². The predicted molar refractivity (Wildman–Crippen MR) is 246 cm³/mol. The van der Waals surface area contributed by atoms with Gasteiger partial charge in [0, 0.05) is 0 Å². The maximum atomic E-state index is 4.81. The van der Waals surface area contributed by atoms with Gasteiger partial charge in [-0.05, 0) is 151 Å². The third kappa shape index (κ3) is 12.4. The molecule has 56 heavy (non-hydrogen) atoms. The molecule has 4 aliphatic carbocycles. The van der Waals surface area contributed by atoms with Crippen LogP contribution in [0.3, 0.4) is 0 Å².